The minimum Gasteiger partial charge on any atom is -0.466 e. The first-order valence-corrected chi connectivity index (χ1v) is 5.90. The minimum absolute atomic E-state index is 0.138. The summed E-state index contributed by atoms with van der Waals surface area (Å²) in [6, 6.07) is 0. The van der Waals surface area contributed by atoms with Crippen LogP contribution in [0.4, 0.5) is 5.95 Å². The van der Waals surface area contributed by atoms with Gasteiger partial charge in [-0.1, -0.05) is 5.10 Å². The zero-order valence-corrected chi connectivity index (χ0v) is 10.4. The highest BCUT2D eigenvalue weighted by atomic mass is 16.5. The molecule has 8 heteroatoms. The molecule has 0 spiro atoms. The van der Waals surface area contributed by atoms with Crippen LogP contribution in [-0.2, 0) is 20.9 Å². The lowest BCUT2D eigenvalue weighted by atomic mass is 10.1. The largest absolute Gasteiger partial charge is 0.466 e. The molecule has 1 aliphatic rings. The van der Waals surface area contributed by atoms with Gasteiger partial charge in [-0.25, -0.2) is 0 Å². The molecule has 1 saturated heterocycles. The molecule has 0 N–H and O–H groups in total. The average Bonchev–Trinajstić information content (AvgIpc) is 2.95. The van der Waals surface area contributed by atoms with E-state index in [2.05, 4.69) is 15.4 Å². The first-order valence-electron chi connectivity index (χ1n) is 5.90. The lowest BCUT2D eigenvalue weighted by molar-refractivity contribution is -0.147. The Labute approximate surface area is 104 Å². The smallest absolute Gasteiger partial charge is 0.311 e. The third-order valence-corrected chi connectivity index (χ3v) is 2.71. The van der Waals surface area contributed by atoms with E-state index >= 15 is 0 Å². The minimum atomic E-state index is -0.439. The zero-order valence-electron chi connectivity index (χ0n) is 10.4. The molecular weight excluding hydrogens is 238 g/mol. The maximum atomic E-state index is 11.8. The molecule has 1 aromatic rings. The predicted molar refractivity (Wildman–Crippen MR) is 60.6 cm³/mol. The number of rotatable bonds is 4. The van der Waals surface area contributed by atoms with Crippen molar-refractivity contribution in [3.63, 3.8) is 0 Å². The van der Waals surface area contributed by atoms with Crippen LogP contribution in [0.25, 0.3) is 0 Å². The molecule has 0 radical (unpaired) electrons. The summed E-state index contributed by atoms with van der Waals surface area (Å²) in [6.45, 7) is 4.76. The zero-order chi connectivity index (χ0) is 13.1. The number of aromatic nitrogens is 4. The third kappa shape index (κ3) is 2.31. The lowest BCUT2D eigenvalue weighted by Gasteiger charge is -2.10. The van der Waals surface area contributed by atoms with Crippen LogP contribution < -0.4 is 4.90 Å². The van der Waals surface area contributed by atoms with Crippen molar-refractivity contribution in [2.45, 2.75) is 26.8 Å². The van der Waals surface area contributed by atoms with Crippen molar-refractivity contribution in [3.8, 4) is 0 Å². The molecule has 1 aromatic heterocycles. The highest BCUT2D eigenvalue weighted by Gasteiger charge is 2.37. The number of hydrogen-bond acceptors (Lipinski definition) is 6. The standard InChI is InChI=1S/C10H15N5O3/c1-3-15-12-10(11-13-15)14-6-7(5-8(14)16)9(17)18-4-2/h7H,3-6H2,1-2H3/t7-/m0/s1. The van der Waals surface area contributed by atoms with Gasteiger partial charge in [0.1, 0.15) is 0 Å². The fourth-order valence-electron chi connectivity index (χ4n) is 1.80. The van der Waals surface area contributed by atoms with E-state index in [0.717, 1.165) is 0 Å². The maximum Gasteiger partial charge on any atom is 0.311 e. The molecule has 0 bridgehead atoms. The summed E-state index contributed by atoms with van der Waals surface area (Å²) in [6.07, 6.45) is 0.138. The van der Waals surface area contributed by atoms with Crippen LogP contribution >= 0.6 is 0 Å². The van der Waals surface area contributed by atoms with E-state index < -0.39 is 5.92 Å². The first kappa shape index (κ1) is 12.5. The van der Waals surface area contributed by atoms with E-state index in [1.165, 1.54) is 9.70 Å². The summed E-state index contributed by atoms with van der Waals surface area (Å²) in [7, 11) is 0. The fraction of sp³-hybridized carbons (Fsp3) is 0.700. The van der Waals surface area contributed by atoms with Crippen LogP contribution in [-0.4, -0.2) is 45.2 Å². The van der Waals surface area contributed by atoms with Crippen molar-refractivity contribution < 1.29 is 14.3 Å². The first-order chi connectivity index (χ1) is 8.65. The highest BCUT2D eigenvalue weighted by Crippen LogP contribution is 2.22. The number of ether oxygens (including phenoxy) is 1. The number of amides is 1. The fourth-order valence-corrected chi connectivity index (χ4v) is 1.80. The van der Waals surface area contributed by atoms with Crippen molar-refractivity contribution >= 4 is 17.8 Å². The number of anilines is 1. The molecular formula is C10H15N5O3. The van der Waals surface area contributed by atoms with E-state index in [1.807, 2.05) is 6.92 Å². The second-order valence-electron chi connectivity index (χ2n) is 3.94. The summed E-state index contributed by atoms with van der Waals surface area (Å²) in [5, 5.41) is 11.6. The van der Waals surface area contributed by atoms with Crippen LogP contribution in [0.2, 0.25) is 0 Å². The van der Waals surface area contributed by atoms with Crippen LogP contribution in [0.5, 0.6) is 0 Å². The number of esters is 1. The molecule has 0 aliphatic carbocycles. The van der Waals surface area contributed by atoms with E-state index in [4.69, 9.17) is 4.74 Å². The molecule has 0 unspecified atom stereocenters. The highest BCUT2D eigenvalue weighted by molar-refractivity contribution is 5.98. The van der Waals surface area contributed by atoms with E-state index in [9.17, 15) is 9.59 Å². The Morgan fingerprint density at radius 1 is 1.50 bits per heavy atom. The normalized spacial score (nSPS) is 19.3. The van der Waals surface area contributed by atoms with Gasteiger partial charge in [-0.3, -0.25) is 14.5 Å². The van der Waals surface area contributed by atoms with E-state index in [0.29, 0.717) is 13.2 Å². The van der Waals surface area contributed by atoms with Gasteiger partial charge in [0.2, 0.25) is 5.91 Å². The number of carbonyl (C=O) groups excluding carboxylic acids is 2. The Kier molecular flexibility index (Phi) is 3.54. The van der Waals surface area contributed by atoms with Crippen molar-refractivity contribution in [2.24, 2.45) is 5.92 Å². The van der Waals surface area contributed by atoms with Gasteiger partial charge < -0.3 is 4.74 Å². The predicted octanol–water partition coefficient (Wildman–Crippen LogP) is -0.391. The maximum absolute atomic E-state index is 11.8. The molecule has 8 nitrogen and oxygen atoms in total. The van der Waals surface area contributed by atoms with Gasteiger partial charge in [0, 0.05) is 13.0 Å². The quantitative estimate of drug-likeness (QED) is 0.679. The van der Waals surface area contributed by atoms with Gasteiger partial charge in [-0.15, -0.1) is 5.10 Å². The Morgan fingerprint density at radius 3 is 2.89 bits per heavy atom. The number of aryl methyl sites for hydroxylation is 1. The van der Waals surface area contributed by atoms with Crippen molar-refractivity contribution in [1.82, 2.24) is 20.2 Å². The second kappa shape index (κ2) is 5.11. The summed E-state index contributed by atoms with van der Waals surface area (Å²) in [5.41, 5.74) is 0. The van der Waals surface area contributed by atoms with Crippen molar-refractivity contribution in [3.05, 3.63) is 0 Å². The van der Waals surface area contributed by atoms with E-state index in [-0.39, 0.29) is 30.8 Å². The van der Waals surface area contributed by atoms with Crippen LogP contribution in [0.15, 0.2) is 0 Å². The third-order valence-electron chi connectivity index (χ3n) is 2.71. The van der Waals surface area contributed by atoms with Crippen molar-refractivity contribution in [1.29, 1.82) is 0 Å². The molecule has 18 heavy (non-hydrogen) atoms. The summed E-state index contributed by atoms with van der Waals surface area (Å²) in [4.78, 5) is 26.1. The van der Waals surface area contributed by atoms with Crippen LogP contribution in [0, 0.1) is 5.92 Å². The molecule has 2 rings (SSSR count). The number of hydrogen-bond donors (Lipinski definition) is 0. The van der Waals surface area contributed by atoms with Crippen LogP contribution in [0.3, 0.4) is 0 Å². The molecule has 1 aliphatic heterocycles. The van der Waals surface area contributed by atoms with Gasteiger partial charge in [0.25, 0.3) is 5.95 Å². The van der Waals surface area contributed by atoms with Gasteiger partial charge in [-0.05, 0) is 19.1 Å². The summed E-state index contributed by atoms with van der Waals surface area (Å²) >= 11 is 0. The molecule has 0 saturated carbocycles. The Bertz CT molecular complexity index is 458. The monoisotopic (exact) mass is 253 g/mol. The topological polar surface area (TPSA) is 90.2 Å². The molecule has 0 aromatic carbocycles. The van der Waals surface area contributed by atoms with Gasteiger partial charge in [0.05, 0.1) is 19.1 Å². The van der Waals surface area contributed by atoms with Gasteiger partial charge >= 0.3 is 5.97 Å². The van der Waals surface area contributed by atoms with Crippen LogP contribution in [0.1, 0.15) is 20.3 Å². The number of tetrazole rings is 1. The Morgan fingerprint density at radius 2 is 2.28 bits per heavy atom. The Balaban J connectivity index is 2.07. The van der Waals surface area contributed by atoms with E-state index in [1.54, 1.807) is 6.92 Å². The molecule has 1 amide bonds. The molecule has 98 valence electrons. The number of nitrogens with zero attached hydrogens (tertiary/aromatic N) is 5. The SMILES string of the molecule is CCOC(=O)[C@H]1CC(=O)N(c2nnn(CC)n2)C1. The number of carbonyl (C=O) groups is 2. The molecule has 2 heterocycles. The van der Waals surface area contributed by atoms with Gasteiger partial charge in [0.15, 0.2) is 0 Å². The summed E-state index contributed by atoms with van der Waals surface area (Å²) in [5.74, 6) is -0.723. The summed E-state index contributed by atoms with van der Waals surface area (Å²) < 4.78 is 4.91. The average molecular weight is 253 g/mol. The lowest BCUT2D eigenvalue weighted by Crippen LogP contribution is -2.27. The van der Waals surface area contributed by atoms with Gasteiger partial charge in [-0.2, -0.15) is 4.80 Å². The van der Waals surface area contributed by atoms with Crippen molar-refractivity contribution in [2.75, 3.05) is 18.1 Å². The molecule has 1 fully saturated rings. The Hall–Kier alpha value is -1.99. The molecule has 1 atom stereocenters. The second-order valence-corrected chi connectivity index (χ2v) is 3.94.